The van der Waals surface area contributed by atoms with E-state index in [1.807, 2.05) is 29.7 Å². The van der Waals surface area contributed by atoms with Gasteiger partial charge >= 0.3 is 5.97 Å². The van der Waals surface area contributed by atoms with Crippen LogP contribution in [0.25, 0.3) is 11.0 Å². The number of aromatic nitrogens is 3. The predicted octanol–water partition coefficient (Wildman–Crippen LogP) is 4.92. The van der Waals surface area contributed by atoms with Crippen LogP contribution >= 0.6 is 11.6 Å². The molecule has 4 aliphatic rings. The Morgan fingerprint density at radius 3 is 2.81 bits per heavy atom. The summed E-state index contributed by atoms with van der Waals surface area (Å²) >= 11 is 6.08. The molecular weight excluding hydrogens is 629 g/mol. The van der Waals surface area contributed by atoms with Crippen LogP contribution in [0.4, 0.5) is 10.1 Å². The number of fused-ring (bicyclic) bond motifs is 3. The molecule has 11 nitrogen and oxygen atoms in total. The van der Waals surface area contributed by atoms with E-state index in [1.54, 1.807) is 18.3 Å². The molecule has 0 saturated carbocycles. The Labute approximate surface area is 276 Å². The van der Waals surface area contributed by atoms with Crippen LogP contribution < -0.4 is 14.4 Å². The maximum Gasteiger partial charge on any atom is 0.338 e. The number of benzene rings is 2. The largest absolute Gasteiger partial charge is 0.465 e. The van der Waals surface area contributed by atoms with E-state index in [4.69, 9.17) is 40.3 Å². The van der Waals surface area contributed by atoms with E-state index in [9.17, 15) is 4.79 Å². The zero-order valence-electron chi connectivity index (χ0n) is 26.2. The minimum absolute atomic E-state index is 0.00782. The molecule has 8 rings (SSSR count). The number of imidazole rings is 1. The van der Waals surface area contributed by atoms with Gasteiger partial charge in [0.05, 0.1) is 73.4 Å². The van der Waals surface area contributed by atoms with Gasteiger partial charge in [-0.25, -0.2) is 14.2 Å². The lowest BCUT2D eigenvalue weighted by Crippen LogP contribution is -2.59. The summed E-state index contributed by atoms with van der Waals surface area (Å²) < 4.78 is 47.2. The molecule has 0 aliphatic carbocycles. The highest BCUT2D eigenvalue weighted by Gasteiger charge is 2.46. The van der Waals surface area contributed by atoms with Gasteiger partial charge in [0.2, 0.25) is 0 Å². The van der Waals surface area contributed by atoms with Gasteiger partial charge < -0.3 is 33.2 Å². The number of piperazine rings is 1. The molecule has 3 fully saturated rings. The van der Waals surface area contributed by atoms with Crippen molar-refractivity contribution in [1.82, 2.24) is 19.4 Å². The first-order valence-corrected chi connectivity index (χ1v) is 16.3. The van der Waals surface area contributed by atoms with Crippen LogP contribution in [0.2, 0.25) is 5.02 Å². The van der Waals surface area contributed by atoms with Crippen LogP contribution in [-0.4, -0.2) is 83.6 Å². The van der Waals surface area contributed by atoms with E-state index in [0.29, 0.717) is 73.7 Å². The number of hydrogen-bond donors (Lipinski definition) is 0. The first-order chi connectivity index (χ1) is 22.8. The molecule has 13 heteroatoms. The molecule has 47 heavy (non-hydrogen) atoms. The van der Waals surface area contributed by atoms with E-state index < -0.39 is 17.6 Å². The third-order valence-corrected chi connectivity index (χ3v) is 9.87. The summed E-state index contributed by atoms with van der Waals surface area (Å²) in [4.78, 5) is 26.3. The van der Waals surface area contributed by atoms with Crippen molar-refractivity contribution in [3.63, 3.8) is 0 Å². The molecule has 246 valence electrons. The highest BCUT2D eigenvalue weighted by molar-refractivity contribution is 6.30. The molecule has 3 saturated heterocycles. The fraction of sp³-hybridized carbons (Fsp3) is 0.441. The zero-order valence-corrected chi connectivity index (χ0v) is 26.9. The quantitative estimate of drug-likeness (QED) is 0.253. The van der Waals surface area contributed by atoms with Crippen molar-refractivity contribution in [2.24, 2.45) is 0 Å². The Morgan fingerprint density at radius 2 is 2.02 bits per heavy atom. The summed E-state index contributed by atoms with van der Waals surface area (Å²) in [5.74, 6) is -0.202. The molecule has 0 N–H and O–H groups in total. The van der Waals surface area contributed by atoms with E-state index in [-0.39, 0.29) is 29.3 Å². The van der Waals surface area contributed by atoms with Gasteiger partial charge in [0.15, 0.2) is 17.3 Å². The molecule has 0 amide bonds. The molecule has 4 atom stereocenters. The van der Waals surface area contributed by atoms with Crippen molar-refractivity contribution in [1.29, 1.82) is 0 Å². The summed E-state index contributed by atoms with van der Waals surface area (Å²) in [5.41, 5.74) is 2.50. The Hall–Kier alpha value is -3.97. The van der Waals surface area contributed by atoms with Gasteiger partial charge in [-0.2, -0.15) is 0 Å². The number of pyridine rings is 1. The molecular formula is C34H35ClFN5O6. The Morgan fingerprint density at radius 1 is 1.15 bits per heavy atom. The van der Waals surface area contributed by atoms with Crippen molar-refractivity contribution >= 4 is 34.3 Å². The van der Waals surface area contributed by atoms with Gasteiger partial charge in [-0.1, -0.05) is 17.7 Å². The fourth-order valence-corrected chi connectivity index (χ4v) is 7.40. The molecule has 2 aromatic heterocycles. The van der Waals surface area contributed by atoms with Gasteiger partial charge in [-0.15, -0.1) is 0 Å². The molecule has 2 aromatic carbocycles. The summed E-state index contributed by atoms with van der Waals surface area (Å²) in [6.45, 7) is 6.07. The van der Waals surface area contributed by atoms with Crippen molar-refractivity contribution in [3.05, 3.63) is 76.6 Å². The number of methoxy groups -OCH3 is 1. The number of para-hydroxylation sites is 1. The van der Waals surface area contributed by atoms with Gasteiger partial charge in [0.1, 0.15) is 17.0 Å². The van der Waals surface area contributed by atoms with Crippen molar-refractivity contribution in [2.45, 2.75) is 56.8 Å². The first kappa shape index (κ1) is 30.4. The standard InChI is InChI=1S/C34H35ClFN5O6/c1-34(29-9-8-21(35)15-37-29)46-28-7-3-6-24(32(28)47-34)40-11-10-39(26-18-44-19-27(26)40)17-30-38-31-23(36)13-20(33(42)43-2)14-25(31)41(30)16-22-5-4-12-45-22/h3,6-9,13-15,22,26-27H,4-5,10-12,16-19H2,1-2H3/t22-,26-,27+,34-/m0/s1. The van der Waals surface area contributed by atoms with Crippen LogP contribution in [0.1, 0.15) is 41.6 Å². The number of carbonyl (C=O) groups excluding carboxylic acids is 1. The van der Waals surface area contributed by atoms with Gasteiger partial charge in [0.25, 0.3) is 5.79 Å². The number of rotatable bonds is 7. The molecule has 4 aliphatic heterocycles. The van der Waals surface area contributed by atoms with Crippen LogP contribution in [0.5, 0.6) is 11.5 Å². The summed E-state index contributed by atoms with van der Waals surface area (Å²) in [5, 5.41) is 0.539. The highest BCUT2D eigenvalue weighted by atomic mass is 35.5. The van der Waals surface area contributed by atoms with Gasteiger partial charge in [-0.3, -0.25) is 9.88 Å². The monoisotopic (exact) mass is 663 g/mol. The lowest BCUT2D eigenvalue weighted by atomic mass is 10.0. The Bertz CT molecular complexity index is 1830. The zero-order chi connectivity index (χ0) is 32.3. The van der Waals surface area contributed by atoms with Crippen LogP contribution in [0.15, 0.2) is 48.7 Å². The van der Waals surface area contributed by atoms with E-state index in [0.717, 1.165) is 24.4 Å². The van der Waals surface area contributed by atoms with Crippen LogP contribution in [0, 0.1) is 5.82 Å². The summed E-state index contributed by atoms with van der Waals surface area (Å²) in [6.07, 6.45) is 3.46. The second-order valence-corrected chi connectivity index (χ2v) is 13.0. The molecule has 4 aromatic rings. The normalized spacial score (nSPS) is 25.4. The predicted molar refractivity (Wildman–Crippen MR) is 170 cm³/mol. The van der Waals surface area contributed by atoms with Crippen molar-refractivity contribution in [2.75, 3.05) is 44.9 Å². The summed E-state index contributed by atoms with van der Waals surface area (Å²) in [6, 6.07) is 12.5. The third-order valence-electron chi connectivity index (χ3n) is 9.64. The molecule has 0 radical (unpaired) electrons. The van der Waals surface area contributed by atoms with Crippen LogP contribution in [0.3, 0.4) is 0 Å². The lowest BCUT2D eigenvalue weighted by molar-refractivity contribution is -0.0716. The number of ether oxygens (including phenoxy) is 5. The average molecular weight is 664 g/mol. The van der Waals surface area contributed by atoms with Gasteiger partial charge in [-0.05, 0) is 49.2 Å². The molecule has 6 heterocycles. The van der Waals surface area contributed by atoms with E-state index >= 15 is 4.39 Å². The number of halogens is 2. The molecule has 0 bridgehead atoms. The van der Waals surface area contributed by atoms with E-state index in [1.165, 1.54) is 13.2 Å². The number of anilines is 1. The first-order valence-electron chi connectivity index (χ1n) is 15.9. The molecule has 0 spiro atoms. The maximum atomic E-state index is 15.4. The lowest BCUT2D eigenvalue weighted by Gasteiger charge is -2.44. The molecule has 0 unspecified atom stereocenters. The second-order valence-electron chi connectivity index (χ2n) is 12.5. The number of nitrogens with zero attached hydrogens (tertiary/aromatic N) is 5. The van der Waals surface area contributed by atoms with Gasteiger partial charge in [0, 0.05) is 32.8 Å². The topological polar surface area (TPSA) is 100 Å². The second kappa shape index (κ2) is 11.9. The number of carbonyl (C=O) groups is 1. The third kappa shape index (κ3) is 5.37. The minimum atomic E-state index is -1.10. The van der Waals surface area contributed by atoms with E-state index in [2.05, 4.69) is 20.9 Å². The number of esters is 1. The summed E-state index contributed by atoms with van der Waals surface area (Å²) in [7, 11) is 1.29. The smallest absolute Gasteiger partial charge is 0.338 e. The Balaban J connectivity index is 1.08. The fourth-order valence-electron chi connectivity index (χ4n) is 7.29. The van der Waals surface area contributed by atoms with Crippen molar-refractivity contribution < 1.29 is 32.9 Å². The minimum Gasteiger partial charge on any atom is -0.465 e. The number of hydrogen-bond acceptors (Lipinski definition) is 10. The Kier molecular flexibility index (Phi) is 7.71. The van der Waals surface area contributed by atoms with Crippen molar-refractivity contribution in [3.8, 4) is 11.5 Å². The van der Waals surface area contributed by atoms with Crippen LogP contribution in [-0.2, 0) is 33.1 Å². The SMILES string of the molecule is COC(=O)c1cc(F)c2nc(CN3CCN(c4cccc5c4O[C@@](C)(c4ccc(Cl)cn4)O5)[C@@H]4COC[C@@H]43)n(C[C@@H]3CCCO3)c2c1. The highest BCUT2D eigenvalue weighted by Crippen LogP contribution is 2.50. The average Bonchev–Trinajstić information content (AvgIpc) is 3.88. The maximum absolute atomic E-state index is 15.4.